The number of benzene rings is 2. The van der Waals surface area contributed by atoms with Crippen molar-refractivity contribution in [2.45, 2.75) is 25.4 Å². The first-order valence-electron chi connectivity index (χ1n) is 9.02. The summed E-state index contributed by atoms with van der Waals surface area (Å²) in [5, 5.41) is 8.95. The van der Waals surface area contributed by atoms with Crippen molar-refractivity contribution in [3.63, 3.8) is 0 Å². The molecule has 4 rings (SSSR count). The van der Waals surface area contributed by atoms with Gasteiger partial charge in [-0.15, -0.1) is 10.2 Å². The molecule has 0 spiro atoms. The number of aromatic nitrogens is 2. The summed E-state index contributed by atoms with van der Waals surface area (Å²) in [4.78, 5) is 14.4. The number of halogens is 3. The number of hydrogen-bond acceptors (Lipinski definition) is 4. The van der Waals surface area contributed by atoms with E-state index in [4.69, 9.17) is 27.6 Å². The van der Waals surface area contributed by atoms with E-state index in [9.17, 15) is 9.18 Å². The SMILES string of the molecule is O=C(/C=C/c1c(F)cccc1Cl)N(Cc1nnc(-c2ccc(Cl)cc2)o1)C1CC1. The van der Waals surface area contributed by atoms with Crippen molar-refractivity contribution < 1.29 is 13.6 Å². The lowest BCUT2D eigenvalue weighted by atomic mass is 10.2. The molecule has 1 saturated carbocycles. The zero-order chi connectivity index (χ0) is 20.4. The lowest BCUT2D eigenvalue weighted by Gasteiger charge is -2.18. The molecule has 5 nitrogen and oxygen atoms in total. The second kappa shape index (κ2) is 8.35. The Morgan fingerprint density at radius 2 is 1.93 bits per heavy atom. The smallest absolute Gasteiger partial charge is 0.247 e. The molecule has 3 aromatic rings. The molecular formula is C21H16Cl2FN3O2. The maximum Gasteiger partial charge on any atom is 0.247 e. The quantitative estimate of drug-likeness (QED) is 0.491. The number of amides is 1. The van der Waals surface area contributed by atoms with E-state index >= 15 is 0 Å². The largest absolute Gasteiger partial charge is 0.419 e. The first kappa shape index (κ1) is 19.6. The highest BCUT2D eigenvalue weighted by Gasteiger charge is 2.33. The van der Waals surface area contributed by atoms with Crippen molar-refractivity contribution in [2.75, 3.05) is 0 Å². The van der Waals surface area contributed by atoms with Crippen molar-refractivity contribution in [2.24, 2.45) is 0 Å². The highest BCUT2D eigenvalue weighted by atomic mass is 35.5. The van der Waals surface area contributed by atoms with Crippen molar-refractivity contribution in [1.29, 1.82) is 0 Å². The number of hydrogen-bond donors (Lipinski definition) is 0. The average Bonchev–Trinajstić information content (AvgIpc) is 3.44. The third kappa shape index (κ3) is 4.66. The normalized spacial score (nSPS) is 13.8. The molecule has 0 aliphatic heterocycles. The van der Waals surface area contributed by atoms with Gasteiger partial charge in [0, 0.05) is 28.3 Å². The molecule has 0 radical (unpaired) electrons. The van der Waals surface area contributed by atoms with Crippen molar-refractivity contribution in [3.05, 3.63) is 75.9 Å². The molecule has 2 aromatic carbocycles. The minimum absolute atomic E-state index is 0.106. The Labute approximate surface area is 176 Å². The van der Waals surface area contributed by atoms with Crippen LogP contribution in [0.15, 0.2) is 53.0 Å². The molecule has 1 amide bonds. The monoisotopic (exact) mass is 431 g/mol. The average molecular weight is 432 g/mol. The maximum atomic E-state index is 13.9. The molecule has 1 aromatic heterocycles. The van der Waals surface area contributed by atoms with Gasteiger partial charge in [-0.3, -0.25) is 4.79 Å². The molecule has 29 heavy (non-hydrogen) atoms. The van der Waals surface area contributed by atoms with Gasteiger partial charge in [-0.2, -0.15) is 0 Å². The second-order valence-corrected chi connectivity index (χ2v) is 7.52. The van der Waals surface area contributed by atoms with Gasteiger partial charge < -0.3 is 9.32 Å². The molecule has 0 unspecified atom stereocenters. The molecule has 148 valence electrons. The number of carbonyl (C=O) groups excluding carboxylic acids is 1. The Morgan fingerprint density at radius 3 is 2.62 bits per heavy atom. The van der Waals surface area contributed by atoms with E-state index in [0.29, 0.717) is 16.8 Å². The van der Waals surface area contributed by atoms with Crippen molar-refractivity contribution in [3.8, 4) is 11.5 Å². The molecule has 8 heteroatoms. The van der Waals surface area contributed by atoms with E-state index < -0.39 is 5.82 Å². The Hall–Kier alpha value is -2.70. The van der Waals surface area contributed by atoms with Gasteiger partial charge in [0.1, 0.15) is 5.82 Å². The number of nitrogens with zero attached hydrogens (tertiary/aromatic N) is 3. The van der Waals surface area contributed by atoms with Crippen LogP contribution in [0, 0.1) is 5.82 Å². The third-order valence-electron chi connectivity index (χ3n) is 4.53. The standard InChI is InChI=1S/C21H16Cl2FN3O2/c22-14-6-4-13(5-7-14)21-26-25-19(29-21)12-27(15-8-9-15)20(28)11-10-16-17(23)2-1-3-18(16)24/h1-7,10-11,15H,8-9,12H2/b11-10+. The second-order valence-electron chi connectivity index (χ2n) is 6.67. The Morgan fingerprint density at radius 1 is 1.17 bits per heavy atom. The Kier molecular flexibility index (Phi) is 5.65. The molecule has 1 aliphatic carbocycles. The molecule has 1 heterocycles. The lowest BCUT2D eigenvalue weighted by molar-refractivity contribution is -0.127. The first-order chi connectivity index (χ1) is 14.0. The summed E-state index contributed by atoms with van der Waals surface area (Å²) in [6.07, 6.45) is 4.51. The van der Waals surface area contributed by atoms with Gasteiger partial charge in [0.25, 0.3) is 0 Å². The van der Waals surface area contributed by atoms with Crippen LogP contribution >= 0.6 is 23.2 Å². The van der Waals surface area contributed by atoms with Crippen LogP contribution in [0.3, 0.4) is 0 Å². The minimum Gasteiger partial charge on any atom is -0.419 e. The Bertz CT molecular complexity index is 1040. The van der Waals surface area contributed by atoms with Gasteiger partial charge in [-0.1, -0.05) is 29.3 Å². The van der Waals surface area contributed by atoms with Gasteiger partial charge in [0.2, 0.25) is 17.7 Å². The fraction of sp³-hybridized carbons (Fsp3) is 0.190. The zero-order valence-electron chi connectivity index (χ0n) is 15.2. The minimum atomic E-state index is -0.482. The summed E-state index contributed by atoms with van der Waals surface area (Å²) >= 11 is 11.9. The predicted octanol–water partition coefficient (Wildman–Crippen LogP) is 5.39. The van der Waals surface area contributed by atoms with Gasteiger partial charge in [0.15, 0.2) is 0 Å². The number of carbonyl (C=O) groups is 1. The highest BCUT2D eigenvalue weighted by Crippen LogP contribution is 2.30. The van der Waals surface area contributed by atoms with Crippen LogP contribution in [0.25, 0.3) is 17.5 Å². The van der Waals surface area contributed by atoms with E-state index in [1.807, 2.05) is 0 Å². The van der Waals surface area contributed by atoms with Gasteiger partial charge in [0.05, 0.1) is 11.6 Å². The zero-order valence-corrected chi connectivity index (χ0v) is 16.7. The van der Waals surface area contributed by atoms with Gasteiger partial charge in [-0.25, -0.2) is 4.39 Å². The summed E-state index contributed by atoms with van der Waals surface area (Å²) in [6, 6.07) is 11.5. The summed E-state index contributed by atoms with van der Waals surface area (Å²) < 4.78 is 19.6. The van der Waals surface area contributed by atoms with Crippen molar-refractivity contribution >= 4 is 35.2 Å². The summed E-state index contributed by atoms with van der Waals surface area (Å²) in [6.45, 7) is 0.180. The molecule has 0 N–H and O–H groups in total. The van der Waals surface area contributed by atoms with E-state index in [-0.39, 0.29) is 29.1 Å². The number of rotatable bonds is 6. The van der Waals surface area contributed by atoms with E-state index in [2.05, 4.69) is 10.2 Å². The predicted molar refractivity (Wildman–Crippen MR) is 109 cm³/mol. The van der Waals surface area contributed by atoms with Crippen molar-refractivity contribution in [1.82, 2.24) is 15.1 Å². The molecule has 0 atom stereocenters. The van der Waals surface area contributed by atoms with Crippen LogP contribution in [0.2, 0.25) is 10.0 Å². The Balaban J connectivity index is 1.49. The van der Waals surface area contributed by atoms with E-state index in [0.717, 1.165) is 18.4 Å². The summed E-state index contributed by atoms with van der Waals surface area (Å²) in [7, 11) is 0. The summed E-state index contributed by atoms with van der Waals surface area (Å²) in [5.41, 5.74) is 0.924. The van der Waals surface area contributed by atoms with E-state index in [1.165, 1.54) is 24.3 Å². The molecule has 0 bridgehead atoms. The fourth-order valence-electron chi connectivity index (χ4n) is 2.87. The van der Waals surface area contributed by atoms with Crippen LogP contribution in [0.1, 0.15) is 24.3 Å². The van der Waals surface area contributed by atoms with Crippen LogP contribution in [0.4, 0.5) is 4.39 Å². The molecule has 1 aliphatic rings. The maximum absolute atomic E-state index is 13.9. The van der Waals surface area contributed by atoms with Crippen LogP contribution in [-0.4, -0.2) is 27.0 Å². The van der Waals surface area contributed by atoms with Gasteiger partial charge in [-0.05, 0) is 55.3 Å². The topological polar surface area (TPSA) is 59.2 Å². The van der Waals surface area contributed by atoms with Crippen LogP contribution in [0.5, 0.6) is 0 Å². The first-order valence-corrected chi connectivity index (χ1v) is 9.78. The highest BCUT2D eigenvalue weighted by molar-refractivity contribution is 6.32. The molecule has 1 fully saturated rings. The summed E-state index contributed by atoms with van der Waals surface area (Å²) in [5.74, 6) is -0.0665. The fourth-order valence-corrected chi connectivity index (χ4v) is 3.22. The van der Waals surface area contributed by atoms with E-state index in [1.54, 1.807) is 35.2 Å². The van der Waals surface area contributed by atoms with Crippen LogP contribution < -0.4 is 0 Å². The van der Waals surface area contributed by atoms with Crippen LogP contribution in [-0.2, 0) is 11.3 Å². The molecular weight excluding hydrogens is 416 g/mol. The van der Waals surface area contributed by atoms with Gasteiger partial charge >= 0.3 is 0 Å². The lowest BCUT2D eigenvalue weighted by Crippen LogP contribution is -2.31. The third-order valence-corrected chi connectivity index (χ3v) is 5.11. The molecule has 0 saturated heterocycles.